The Morgan fingerprint density at radius 1 is 1.16 bits per heavy atom. The minimum Gasteiger partial charge on any atom is -0.497 e. The Labute approximate surface area is 120 Å². The van der Waals surface area contributed by atoms with Crippen LogP contribution in [0, 0.1) is 0 Å². The molecule has 0 aromatic heterocycles. The van der Waals surface area contributed by atoms with E-state index in [1.54, 1.807) is 7.11 Å². The van der Waals surface area contributed by atoms with E-state index in [2.05, 4.69) is 21.9 Å². The zero-order valence-corrected chi connectivity index (χ0v) is 12.2. The lowest BCUT2D eigenvalue weighted by atomic mass is 10.2. The van der Waals surface area contributed by atoms with Gasteiger partial charge < -0.3 is 10.5 Å². The summed E-state index contributed by atoms with van der Waals surface area (Å²) < 4.78 is 5.17. The lowest BCUT2D eigenvalue weighted by molar-refractivity contribution is 0.140. The van der Waals surface area contributed by atoms with E-state index < -0.39 is 0 Å². The van der Waals surface area contributed by atoms with E-state index >= 15 is 0 Å². The van der Waals surface area contributed by atoms with Gasteiger partial charge in [0.25, 0.3) is 0 Å². The smallest absolute Gasteiger partial charge is 0.118 e. The number of rotatable bonds is 5. The number of ether oxygens (including phenoxy) is 1. The highest BCUT2D eigenvalue weighted by Gasteiger charge is 2.17. The number of nitrogens with zero attached hydrogens (tertiary/aromatic N) is 2. The molecule has 0 spiro atoms. The summed E-state index contributed by atoms with van der Waals surface area (Å²) in [6.07, 6.45) is 0. The minimum absolute atomic E-state index is 0.587. The van der Waals surface area contributed by atoms with Gasteiger partial charge in [0.05, 0.1) is 12.1 Å². The van der Waals surface area contributed by atoms with Crippen LogP contribution in [0.15, 0.2) is 24.3 Å². The van der Waals surface area contributed by atoms with Gasteiger partial charge in [-0.05, 0) is 17.7 Å². The van der Waals surface area contributed by atoms with Crippen LogP contribution < -0.4 is 10.5 Å². The SMILES string of the molecule is COc1ccc(CN2CCN(CC(N)=S)CC2)cc1. The van der Waals surface area contributed by atoms with Crippen molar-refractivity contribution in [2.45, 2.75) is 6.54 Å². The van der Waals surface area contributed by atoms with E-state index in [0.717, 1.165) is 45.0 Å². The van der Waals surface area contributed by atoms with Crippen molar-refractivity contribution < 1.29 is 4.74 Å². The first-order valence-electron chi connectivity index (χ1n) is 6.53. The van der Waals surface area contributed by atoms with Gasteiger partial charge in [0, 0.05) is 39.3 Å². The van der Waals surface area contributed by atoms with Crippen molar-refractivity contribution in [1.29, 1.82) is 0 Å². The number of piperazine rings is 1. The van der Waals surface area contributed by atoms with Crippen LogP contribution in [0.5, 0.6) is 5.75 Å². The van der Waals surface area contributed by atoms with E-state index in [-0.39, 0.29) is 0 Å². The van der Waals surface area contributed by atoms with Crippen LogP contribution in [0.4, 0.5) is 0 Å². The van der Waals surface area contributed by atoms with Gasteiger partial charge in [-0.3, -0.25) is 9.80 Å². The molecular formula is C14H21N3OS. The third-order valence-corrected chi connectivity index (χ3v) is 3.54. The number of nitrogens with two attached hydrogens (primary N) is 1. The molecule has 0 amide bonds. The molecule has 1 saturated heterocycles. The lowest BCUT2D eigenvalue weighted by Gasteiger charge is -2.34. The van der Waals surface area contributed by atoms with E-state index in [9.17, 15) is 0 Å². The topological polar surface area (TPSA) is 41.7 Å². The number of hydrogen-bond acceptors (Lipinski definition) is 4. The van der Waals surface area contributed by atoms with Crippen molar-refractivity contribution >= 4 is 17.2 Å². The molecule has 1 fully saturated rings. The summed E-state index contributed by atoms with van der Waals surface area (Å²) in [6.45, 7) is 5.93. The fourth-order valence-corrected chi connectivity index (χ4v) is 2.50. The standard InChI is InChI=1S/C14H21N3OS/c1-18-13-4-2-12(3-5-13)10-16-6-8-17(9-7-16)11-14(15)19/h2-5H,6-11H2,1H3,(H2,15,19). The second-order valence-corrected chi connectivity index (χ2v) is 5.39. The first kappa shape index (κ1) is 14.2. The molecule has 0 bridgehead atoms. The number of methoxy groups -OCH3 is 1. The summed E-state index contributed by atoms with van der Waals surface area (Å²) in [5, 5.41) is 0. The second kappa shape index (κ2) is 6.84. The van der Waals surface area contributed by atoms with Gasteiger partial charge in [0.2, 0.25) is 0 Å². The Bertz CT molecular complexity index is 413. The van der Waals surface area contributed by atoms with Gasteiger partial charge in [-0.15, -0.1) is 0 Å². The average molecular weight is 279 g/mol. The van der Waals surface area contributed by atoms with Crippen LogP contribution in [0.2, 0.25) is 0 Å². The summed E-state index contributed by atoms with van der Waals surface area (Å²) in [5.41, 5.74) is 6.90. The molecule has 0 aliphatic carbocycles. The van der Waals surface area contributed by atoms with Crippen LogP contribution in [-0.2, 0) is 6.54 Å². The van der Waals surface area contributed by atoms with Gasteiger partial charge in [-0.25, -0.2) is 0 Å². The quantitative estimate of drug-likeness (QED) is 0.818. The molecule has 0 unspecified atom stereocenters. The van der Waals surface area contributed by atoms with E-state index in [0.29, 0.717) is 4.99 Å². The predicted octanol–water partition coefficient (Wildman–Crippen LogP) is 1.10. The van der Waals surface area contributed by atoms with Crippen molar-refractivity contribution in [3.63, 3.8) is 0 Å². The Kier molecular flexibility index (Phi) is 5.13. The first-order valence-corrected chi connectivity index (χ1v) is 6.94. The largest absolute Gasteiger partial charge is 0.497 e. The maximum Gasteiger partial charge on any atom is 0.118 e. The molecule has 1 aromatic rings. The Morgan fingerprint density at radius 2 is 1.74 bits per heavy atom. The molecule has 5 heteroatoms. The Hall–Kier alpha value is -1.17. The molecule has 104 valence electrons. The third-order valence-electron chi connectivity index (χ3n) is 3.41. The lowest BCUT2D eigenvalue weighted by Crippen LogP contribution is -2.48. The monoisotopic (exact) mass is 279 g/mol. The number of benzene rings is 1. The molecule has 1 aliphatic rings. The summed E-state index contributed by atoms with van der Waals surface area (Å²) >= 11 is 4.95. The summed E-state index contributed by atoms with van der Waals surface area (Å²) in [5.74, 6) is 0.907. The van der Waals surface area contributed by atoms with Crippen LogP contribution in [0.25, 0.3) is 0 Å². The normalized spacial score (nSPS) is 17.3. The van der Waals surface area contributed by atoms with Crippen molar-refractivity contribution in [3.8, 4) is 5.75 Å². The van der Waals surface area contributed by atoms with Gasteiger partial charge >= 0.3 is 0 Å². The maximum absolute atomic E-state index is 5.57. The zero-order valence-electron chi connectivity index (χ0n) is 11.3. The molecule has 0 radical (unpaired) electrons. The second-order valence-electron chi connectivity index (χ2n) is 4.87. The van der Waals surface area contributed by atoms with E-state index in [1.807, 2.05) is 12.1 Å². The molecule has 4 nitrogen and oxygen atoms in total. The minimum atomic E-state index is 0.587. The van der Waals surface area contributed by atoms with Gasteiger partial charge in [-0.2, -0.15) is 0 Å². The summed E-state index contributed by atoms with van der Waals surface area (Å²) in [4.78, 5) is 5.36. The van der Waals surface area contributed by atoms with Gasteiger partial charge in [0.1, 0.15) is 5.75 Å². The Morgan fingerprint density at radius 3 is 2.26 bits per heavy atom. The Balaban J connectivity index is 1.80. The molecule has 2 N–H and O–H groups in total. The molecule has 1 aromatic carbocycles. The third kappa shape index (κ3) is 4.45. The highest BCUT2D eigenvalue weighted by Crippen LogP contribution is 2.14. The first-order chi connectivity index (χ1) is 9.17. The molecule has 19 heavy (non-hydrogen) atoms. The van der Waals surface area contributed by atoms with Crippen molar-refractivity contribution in [2.24, 2.45) is 5.73 Å². The van der Waals surface area contributed by atoms with Crippen molar-refractivity contribution in [3.05, 3.63) is 29.8 Å². The predicted molar refractivity (Wildman–Crippen MR) is 81.5 cm³/mol. The highest BCUT2D eigenvalue weighted by atomic mass is 32.1. The molecule has 0 atom stereocenters. The molecule has 1 aliphatic heterocycles. The molecule has 1 heterocycles. The van der Waals surface area contributed by atoms with Crippen molar-refractivity contribution in [2.75, 3.05) is 39.8 Å². The van der Waals surface area contributed by atoms with Crippen LogP contribution in [-0.4, -0.2) is 54.6 Å². The maximum atomic E-state index is 5.57. The van der Waals surface area contributed by atoms with E-state index in [1.165, 1.54) is 5.56 Å². The zero-order chi connectivity index (χ0) is 13.7. The molecular weight excluding hydrogens is 258 g/mol. The molecule has 2 rings (SSSR count). The fraction of sp³-hybridized carbons (Fsp3) is 0.500. The van der Waals surface area contributed by atoms with Crippen LogP contribution in [0.3, 0.4) is 0 Å². The van der Waals surface area contributed by atoms with Gasteiger partial charge in [0.15, 0.2) is 0 Å². The average Bonchev–Trinajstić information content (AvgIpc) is 2.41. The van der Waals surface area contributed by atoms with Crippen molar-refractivity contribution in [1.82, 2.24) is 9.80 Å². The van der Waals surface area contributed by atoms with Crippen LogP contribution in [0.1, 0.15) is 5.56 Å². The van der Waals surface area contributed by atoms with Crippen LogP contribution >= 0.6 is 12.2 Å². The van der Waals surface area contributed by atoms with Gasteiger partial charge in [-0.1, -0.05) is 24.4 Å². The summed E-state index contributed by atoms with van der Waals surface area (Å²) in [6, 6.07) is 8.28. The summed E-state index contributed by atoms with van der Waals surface area (Å²) in [7, 11) is 1.69. The molecule has 0 saturated carbocycles. The fourth-order valence-electron chi connectivity index (χ4n) is 2.32. The number of thiocarbonyl (C=S) groups is 1. The number of hydrogen-bond donors (Lipinski definition) is 1. The highest BCUT2D eigenvalue weighted by molar-refractivity contribution is 7.80. The van der Waals surface area contributed by atoms with E-state index in [4.69, 9.17) is 22.7 Å².